The molecule has 0 aromatic heterocycles. The zero-order valence-corrected chi connectivity index (χ0v) is 12.4. The lowest BCUT2D eigenvalue weighted by Gasteiger charge is -2.21. The normalized spacial score (nSPS) is 10.3. The van der Waals surface area contributed by atoms with Crippen molar-refractivity contribution in [2.45, 2.75) is 13.3 Å². The highest BCUT2D eigenvalue weighted by molar-refractivity contribution is 5.90. The molecule has 1 amide bonds. The van der Waals surface area contributed by atoms with Gasteiger partial charge in [0.15, 0.2) is 5.96 Å². The van der Waals surface area contributed by atoms with E-state index in [-0.39, 0.29) is 11.9 Å². The Labute approximate surface area is 130 Å². The summed E-state index contributed by atoms with van der Waals surface area (Å²) in [6.45, 7) is 1.46. The number of nitrogens with two attached hydrogens (primary N) is 1. The Morgan fingerprint density at radius 1 is 1.09 bits per heavy atom. The third-order valence-electron chi connectivity index (χ3n) is 3.07. The first-order valence-corrected chi connectivity index (χ1v) is 6.94. The molecule has 0 aliphatic heterocycles. The molecule has 5 N–H and O–H groups in total. The number of carbonyl (C=O) groups excluding carboxylic acids is 1. The van der Waals surface area contributed by atoms with Crippen molar-refractivity contribution in [1.82, 2.24) is 5.32 Å². The van der Waals surface area contributed by atoms with Crippen molar-refractivity contribution in [1.29, 1.82) is 5.41 Å². The van der Waals surface area contributed by atoms with Gasteiger partial charge >= 0.3 is 0 Å². The topological polar surface area (TPSA) is 91.0 Å². The molecule has 0 spiro atoms. The quantitative estimate of drug-likeness (QED) is 0.503. The van der Waals surface area contributed by atoms with Gasteiger partial charge in [0, 0.05) is 24.6 Å². The number of anilines is 1. The van der Waals surface area contributed by atoms with Crippen LogP contribution < -0.4 is 16.4 Å². The van der Waals surface area contributed by atoms with Crippen molar-refractivity contribution in [3.63, 3.8) is 0 Å². The maximum Gasteiger partial charge on any atom is 0.221 e. The number of hydrogen-bond acceptors (Lipinski definition) is 2. The smallest absolute Gasteiger partial charge is 0.221 e. The highest BCUT2D eigenvalue weighted by Crippen LogP contribution is 2.25. The summed E-state index contributed by atoms with van der Waals surface area (Å²) >= 11 is 0. The molecule has 113 valence electrons. The molecule has 2 aromatic carbocycles. The summed E-state index contributed by atoms with van der Waals surface area (Å²) in [5.41, 5.74) is 8.09. The molecule has 0 aliphatic carbocycles. The standard InChI is InChI=1S/C17H19N4O/c1-12(22)20-15-10-6-5-9-14(15)16(21-17(18)19)11-13-7-3-2-4-8-13/h2-10H,11H2,1H3,(H,20,22)(H4,18,19,21). The maximum absolute atomic E-state index is 11.4. The number of nitrogens with one attached hydrogen (secondary N) is 3. The Hall–Kier alpha value is -2.82. The molecule has 0 atom stereocenters. The maximum atomic E-state index is 11.4. The molecule has 22 heavy (non-hydrogen) atoms. The molecule has 5 heteroatoms. The van der Waals surface area contributed by atoms with Crippen LogP contribution in [0.4, 0.5) is 5.69 Å². The first-order chi connectivity index (χ1) is 10.6. The van der Waals surface area contributed by atoms with E-state index in [1.54, 1.807) is 0 Å². The summed E-state index contributed by atoms with van der Waals surface area (Å²) < 4.78 is 0. The van der Waals surface area contributed by atoms with E-state index in [1.807, 2.05) is 54.6 Å². The minimum Gasteiger partial charge on any atom is -0.370 e. The lowest BCUT2D eigenvalue weighted by molar-refractivity contribution is -0.114. The summed E-state index contributed by atoms with van der Waals surface area (Å²) in [7, 11) is 0. The van der Waals surface area contributed by atoms with Crippen molar-refractivity contribution in [2.75, 3.05) is 5.32 Å². The van der Waals surface area contributed by atoms with Crippen molar-refractivity contribution in [3.8, 4) is 0 Å². The molecular formula is C17H19N4O. The van der Waals surface area contributed by atoms with Gasteiger partial charge < -0.3 is 16.4 Å². The SMILES string of the molecule is CC(=O)Nc1ccccc1[C](Cc1ccccc1)NC(=N)N. The van der Waals surface area contributed by atoms with Crippen LogP contribution in [-0.4, -0.2) is 11.9 Å². The number of guanidine groups is 1. The van der Waals surface area contributed by atoms with Gasteiger partial charge in [-0.15, -0.1) is 0 Å². The second kappa shape index (κ2) is 7.26. The third kappa shape index (κ3) is 4.34. The van der Waals surface area contributed by atoms with Crippen LogP contribution in [0.25, 0.3) is 0 Å². The fraction of sp³-hybridized carbons (Fsp3) is 0.118. The summed E-state index contributed by atoms with van der Waals surface area (Å²) in [5, 5.41) is 13.2. The van der Waals surface area contributed by atoms with Crippen LogP contribution in [-0.2, 0) is 11.2 Å². The van der Waals surface area contributed by atoms with Crippen LogP contribution in [0.1, 0.15) is 18.1 Å². The van der Waals surface area contributed by atoms with Gasteiger partial charge in [-0.3, -0.25) is 10.2 Å². The molecule has 0 bridgehead atoms. The Kier molecular flexibility index (Phi) is 5.14. The van der Waals surface area contributed by atoms with Crippen LogP contribution in [0.2, 0.25) is 0 Å². The van der Waals surface area contributed by atoms with Crippen LogP contribution in [0.3, 0.4) is 0 Å². The van der Waals surface area contributed by atoms with E-state index in [0.29, 0.717) is 12.1 Å². The molecule has 0 saturated heterocycles. The number of amides is 1. The van der Waals surface area contributed by atoms with E-state index in [1.165, 1.54) is 6.92 Å². The van der Waals surface area contributed by atoms with Crippen molar-refractivity contribution in [3.05, 3.63) is 71.8 Å². The van der Waals surface area contributed by atoms with Crippen molar-refractivity contribution >= 4 is 17.6 Å². The fourth-order valence-electron chi connectivity index (χ4n) is 2.21. The molecule has 1 radical (unpaired) electrons. The van der Waals surface area contributed by atoms with Crippen molar-refractivity contribution < 1.29 is 4.79 Å². The van der Waals surface area contributed by atoms with Gasteiger partial charge in [0.2, 0.25) is 5.91 Å². The van der Waals surface area contributed by atoms with Gasteiger partial charge in [-0.2, -0.15) is 0 Å². The second-order valence-corrected chi connectivity index (χ2v) is 4.91. The van der Waals surface area contributed by atoms with Crippen LogP contribution in [0.5, 0.6) is 0 Å². The van der Waals surface area contributed by atoms with Crippen LogP contribution >= 0.6 is 0 Å². The molecule has 0 unspecified atom stereocenters. The van der Waals surface area contributed by atoms with Gasteiger partial charge in [-0.25, -0.2) is 0 Å². The van der Waals surface area contributed by atoms with Crippen molar-refractivity contribution in [2.24, 2.45) is 5.73 Å². The molecule has 0 heterocycles. The monoisotopic (exact) mass is 295 g/mol. The first kappa shape index (κ1) is 15.6. The Morgan fingerprint density at radius 2 is 1.73 bits per heavy atom. The van der Waals surface area contributed by atoms with Gasteiger partial charge in [-0.1, -0.05) is 48.5 Å². The number of rotatable bonds is 5. The van der Waals surface area contributed by atoms with Gasteiger partial charge in [0.25, 0.3) is 0 Å². The number of carbonyl (C=O) groups is 1. The van der Waals surface area contributed by atoms with E-state index in [9.17, 15) is 4.79 Å². The second-order valence-electron chi connectivity index (χ2n) is 4.91. The van der Waals surface area contributed by atoms with Gasteiger partial charge in [-0.05, 0) is 11.6 Å². The third-order valence-corrected chi connectivity index (χ3v) is 3.07. The highest BCUT2D eigenvalue weighted by atomic mass is 16.1. The number of benzene rings is 2. The first-order valence-electron chi connectivity index (χ1n) is 6.94. The van der Waals surface area contributed by atoms with Gasteiger partial charge in [0.1, 0.15) is 0 Å². The minimum atomic E-state index is -0.144. The Bertz CT molecular complexity index is 655. The summed E-state index contributed by atoms with van der Waals surface area (Å²) in [5.74, 6) is -0.280. The lowest BCUT2D eigenvalue weighted by atomic mass is 9.97. The largest absolute Gasteiger partial charge is 0.370 e. The molecule has 0 fully saturated rings. The molecule has 5 nitrogen and oxygen atoms in total. The van der Waals surface area contributed by atoms with Crippen LogP contribution in [0, 0.1) is 11.5 Å². The zero-order valence-electron chi connectivity index (χ0n) is 12.4. The molecule has 0 saturated carbocycles. The van der Waals surface area contributed by atoms with Crippen LogP contribution in [0.15, 0.2) is 54.6 Å². The fourth-order valence-corrected chi connectivity index (χ4v) is 2.21. The van der Waals surface area contributed by atoms with E-state index in [4.69, 9.17) is 11.1 Å². The molecule has 2 rings (SSSR count). The zero-order chi connectivity index (χ0) is 15.9. The van der Waals surface area contributed by atoms with Gasteiger partial charge in [0.05, 0.1) is 6.04 Å². The predicted molar refractivity (Wildman–Crippen MR) is 88.3 cm³/mol. The Balaban J connectivity index is 2.33. The van der Waals surface area contributed by atoms with E-state index < -0.39 is 0 Å². The molecule has 0 aliphatic rings. The van der Waals surface area contributed by atoms with E-state index in [2.05, 4.69) is 10.6 Å². The predicted octanol–water partition coefficient (Wildman–Crippen LogP) is 2.25. The number of para-hydroxylation sites is 1. The van der Waals surface area contributed by atoms with E-state index in [0.717, 1.165) is 17.2 Å². The lowest BCUT2D eigenvalue weighted by Crippen LogP contribution is -2.36. The Morgan fingerprint density at radius 3 is 2.36 bits per heavy atom. The average molecular weight is 295 g/mol. The molecule has 2 aromatic rings. The number of hydrogen-bond donors (Lipinski definition) is 4. The average Bonchev–Trinajstić information content (AvgIpc) is 2.47. The minimum absolute atomic E-state index is 0.136. The van der Waals surface area contributed by atoms with E-state index >= 15 is 0 Å². The summed E-state index contributed by atoms with van der Waals surface area (Å²) in [6.07, 6.45) is 0.580. The highest BCUT2D eigenvalue weighted by Gasteiger charge is 2.18. The summed E-state index contributed by atoms with van der Waals surface area (Å²) in [6, 6.07) is 18.1. The molecular weight excluding hydrogens is 276 g/mol. The summed E-state index contributed by atoms with van der Waals surface area (Å²) in [4.78, 5) is 11.4.